The van der Waals surface area contributed by atoms with Crippen LogP contribution in [0.15, 0.2) is 42.5 Å². The van der Waals surface area contributed by atoms with Crippen LogP contribution in [0.2, 0.25) is 0 Å². The van der Waals surface area contributed by atoms with Gasteiger partial charge in [-0.15, -0.1) is 0 Å². The van der Waals surface area contributed by atoms with Crippen LogP contribution in [-0.4, -0.2) is 23.6 Å². The van der Waals surface area contributed by atoms with Crippen molar-refractivity contribution in [2.75, 3.05) is 18.6 Å². The number of fused-ring (bicyclic) bond motifs is 2. The number of nitrogens with zero attached hydrogens (tertiary/aromatic N) is 3. The molecule has 1 aliphatic heterocycles. The molecule has 116 valence electrons. The molecular weight excluding hydrogens is 286 g/mol. The molecule has 0 N–H and O–H groups in total. The van der Waals surface area contributed by atoms with Gasteiger partial charge in [0, 0.05) is 13.1 Å². The lowest BCUT2D eigenvalue weighted by Gasteiger charge is -2.30. The van der Waals surface area contributed by atoms with E-state index in [1.165, 1.54) is 11.1 Å². The molecule has 0 amide bonds. The Hall–Kier alpha value is -2.62. The van der Waals surface area contributed by atoms with E-state index < -0.39 is 0 Å². The maximum absolute atomic E-state index is 5.36. The van der Waals surface area contributed by atoms with Crippen molar-refractivity contribution in [1.29, 1.82) is 0 Å². The number of benzene rings is 2. The number of ether oxygens (including phenoxy) is 1. The standard InChI is InChI=1S/C19H19N3O/c1-13-19(21-18-6-4-3-5-17(18)20-13)22-10-9-14-7-8-16(23-2)11-15(14)12-22/h3-8,11H,9-10,12H2,1-2H3. The number of para-hydroxylation sites is 2. The number of anilines is 1. The summed E-state index contributed by atoms with van der Waals surface area (Å²) in [5.41, 5.74) is 5.59. The SMILES string of the molecule is COc1ccc2c(c1)CN(c1nc3ccccc3nc1C)CC2. The zero-order chi connectivity index (χ0) is 15.8. The van der Waals surface area contributed by atoms with Crippen LogP contribution in [0, 0.1) is 6.92 Å². The summed E-state index contributed by atoms with van der Waals surface area (Å²) in [7, 11) is 1.71. The molecule has 23 heavy (non-hydrogen) atoms. The average Bonchev–Trinajstić information content (AvgIpc) is 2.60. The van der Waals surface area contributed by atoms with Gasteiger partial charge < -0.3 is 9.64 Å². The second-order valence-electron chi connectivity index (χ2n) is 5.93. The van der Waals surface area contributed by atoms with Gasteiger partial charge in [0.2, 0.25) is 0 Å². The van der Waals surface area contributed by atoms with E-state index in [0.717, 1.165) is 47.8 Å². The molecular formula is C19H19N3O. The normalized spacial score (nSPS) is 13.9. The topological polar surface area (TPSA) is 38.2 Å². The van der Waals surface area contributed by atoms with Gasteiger partial charge in [-0.25, -0.2) is 9.97 Å². The summed E-state index contributed by atoms with van der Waals surface area (Å²) < 4.78 is 5.36. The molecule has 0 bridgehead atoms. The molecule has 1 aliphatic rings. The molecule has 0 unspecified atom stereocenters. The van der Waals surface area contributed by atoms with Crippen LogP contribution in [0.1, 0.15) is 16.8 Å². The number of rotatable bonds is 2. The van der Waals surface area contributed by atoms with Crippen LogP contribution in [0.3, 0.4) is 0 Å². The lowest BCUT2D eigenvalue weighted by atomic mass is 9.99. The van der Waals surface area contributed by atoms with Crippen molar-refractivity contribution < 1.29 is 4.74 Å². The molecule has 4 heteroatoms. The average molecular weight is 305 g/mol. The maximum atomic E-state index is 5.36. The Morgan fingerprint density at radius 3 is 2.57 bits per heavy atom. The highest BCUT2D eigenvalue weighted by atomic mass is 16.5. The van der Waals surface area contributed by atoms with Gasteiger partial charge in [-0.3, -0.25) is 0 Å². The van der Waals surface area contributed by atoms with Gasteiger partial charge in [-0.2, -0.15) is 0 Å². The molecule has 1 aromatic heterocycles. The van der Waals surface area contributed by atoms with E-state index in [9.17, 15) is 0 Å². The van der Waals surface area contributed by atoms with Crippen molar-refractivity contribution in [3.8, 4) is 5.75 Å². The highest BCUT2D eigenvalue weighted by molar-refractivity contribution is 5.76. The zero-order valence-corrected chi connectivity index (χ0v) is 13.4. The summed E-state index contributed by atoms with van der Waals surface area (Å²) in [6, 6.07) is 14.4. The minimum Gasteiger partial charge on any atom is -0.497 e. The molecule has 0 saturated heterocycles. The van der Waals surface area contributed by atoms with E-state index in [1.54, 1.807) is 7.11 Å². The number of aryl methyl sites for hydroxylation is 1. The van der Waals surface area contributed by atoms with Crippen LogP contribution in [0.25, 0.3) is 11.0 Å². The molecule has 4 nitrogen and oxygen atoms in total. The third-order valence-corrected chi connectivity index (χ3v) is 4.45. The second-order valence-corrected chi connectivity index (χ2v) is 5.93. The predicted molar refractivity (Wildman–Crippen MR) is 92.0 cm³/mol. The molecule has 0 spiro atoms. The molecule has 4 rings (SSSR count). The Kier molecular flexibility index (Phi) is 3.37. The molecule has 3 aromatic rings. The first kappa shape index (κ1) is 14.0. The molecule has 0 fully saturated rings. The van der Waals surface area contributed by atoms with Gasteiger partial charge in [-0.1, -0.05) is 18.2 Å². The van der Waals surface area contributed by atoms with Crippen molar-refractivity contribution in [1.82, 2.24) is 9.97 Å². The van der Waals surface area contributed by atoms with Gasteiger partial charge in [0.05, 0.1) is 23.8 Å². The Bertz CT molecular complexity index is 876. The number of methoxy groups -OCH3 is 1. The fourth-order valence-electron chi connectivity index (χ4n) is 3.22. The molecule has 0 atom stereocenters. The summed E-state index contributed by atoms with van der Waals surface area (Å²) in [5.74, 6) is 1.89. The molecule has 2 aromatic carbocycles. The summed E-state index contributed by atoms with van der Waals surface area (Å²) in [6.07, 6.45) is 1.02. The molecule has 0 saturated carbocycles. The highest BCUT2D eigenvalue weighted by Gasteiger charge is 2.20. The van der Waals surface area contributed by atoms with Gasteiger partial charge in [0.25, 0.3) is 0 Å². The van der Waals surface area contributed by atoms with Gasteiger partial charge >= 0.3 is 0 Å². The van der Waals surface area contributed by atoms with Crippen LogP contribution < -0.4 is 9.64 Å². The third kappa shape index (κ3) is 2.50. The maximum Gasteiger partial charge on any atom is 0.151 e. The monoisotopic (exact) mass is 305 g/mol. The number of aromatic nitrogens is 2. The van der Waals surface area contributed by atoms with E-state index in [2.05, 4.69) is 17.0 Å². The van der Waals surface area contributed by atoms with Crippen LogP contribution in [-0.2, 0) is 13.0 Å². The quantitative estimate of drug-likeness (QED) is 0.726. The Labute approximate surface area is 135 Å². The summed E-state index contributed by atoms with van der Waals surface area (Å²) in [4.78, 5) is 11.9. The van der Waals surface area contributed by atoms with Gasteiger partial charge in [0.1, 0.15) is 5.75 Å². The van der Waals surface area contributed by atoms with Crippen molar-refractivity contribution >= 4 is 16.9 Å². The van der Waals surface area contributed by atoms with Crippen molar-refractivity contribution in [2.45, 2.75) is 19.9 Å². The van der Waals surface area contributed by atoms with E-state index in [-0.39, 0.29) is 0 Å². The van der Waals surface area contributed by atoms with Crippen molar-refractivity contribution in [3.63, 3.8) is 0 Å². The largest absolute Gasteiger partial charge is 0.497 e. The highest BCUT2D eigenvalue weighted by Crippen LogP contribution is 2.28. The van der Waals surface area contributed by atoms with Crippen LogP contribution in [0.4, 0.5) is 5.82 Å². The number of hydrogen-bond donors (Lipinski definition) is 0. The molecule has 2 heterocycles. The van der Waals surface area contributed by atoms with Gasteiger partial charge in [0.15, 0.2) is 5.82 Å². The van der Waals surface area contributed by atoms with Crippen molar-refractivity contribution in [3.05, 3.63) is 59.3 Å². The second kappa shape index (κ2) is 5.54. The zero-order valence-electron chi connectivity index (χ0n) is 13.4. The van der Waals surface area contributed by atoms with Crippen molar-refractivity contribution in [2.24, 2.45) is 0 Å². The van der Waals surface area contributed by atoms with E-state index in [1.807, 2.05) is 37.3 Å². The van der Waals surface area contributed by atoms with E-state index in [0.29, 0.717) is 0 Å². The minimum atomic E-state index is 0.848. The fraction of sp³-hybridized carbons (Fsp3) is 0.263. The Morgan fingerprint density at radius 2 is 1.78 bits per heavy atom. The minimum absolute atomic E-state index is 0.848. The lowest BCUT2D eigenvalue weighted by Crippen LogP contribution is -2.31. The first-order valence-electron chi connectivity index (χ1n) is 7.89. The predicted octanol–water partition coefficient (Wildman–Crippen LogP) is 3.51. The molecule has 0 radical (unpaired) electrons. The fourth-order valence-corrected chi connectivity index (χ4v) is 3.22. The van der Waals surface area contributed by atoms with E-state index >= 15 is 0 Å². The molecule has 0 aliphatic carbocycles. The first-order valence-corrected chi connectivity index (χ1v) is 7.89. The van der Waals surface area contributed by atoms with Gasteiger partial charge in [-0.05, 0) is 48.7 Å². The third-order valence-electron chi connectivity index (χ3n) is 4.45. The first-order chi connectivity index (χ1) is 11.2. The Balaban J connectivity index is 1.72. The summed E-state index contributed by atoms with van der Waals surface area (Å²) >= 11 is 0. The lowest BCUT2D eigenvalue weighted by molar-refractivity contribution is 0.413. The van der Waals surface area contributed by atoms with Crippen LogP contribution >= 0.6 is 0 Å². The number of hydrogen-bond acceptors (Lipinski definition) is 4. The van der Waals surface area contributed by atoms with Crippen LogP contribution in [0.5, 0.6) is 5.75 Å². The Morgan fingerprint density at radius 1 is 1.00 bits per heavy atom. The summed E-state index contributed by atoms with van der Waals surface area (Å²) in [6.45, 7) is 3.85. The smallest absolute Gasteiger partial charge is 0.151 e. The summed E-state index contributed by atoms with van der Waals surface area (Å²) in [5, 5.41) is 0. The van der Waals surface area contributed by atoms with E-state index in [4.69, 9.17) is 14.7 Å².